The maximum absolute atomic E-state index is 12.3. The Balaban J connectivity index is 0.000000872. The lowest BCUT2D eigenvalue weighted by molar-refractivity contribution is 0.0601. The van der Waals surface area contributed by atoms with Gasteiger partial charge in [-0.15, -0.1) is 0 Å². The zero-order valence-electron chi connectivity index (χ0n) is 15.4. The first-order valence-corrected chi connectivity index (χ1v) is 9.80. The van der Waals surface area contributed by atoms with Crippen molar-refractivity contribution in [3.05, 3.63) is 66.2 Å². The maximum atomic E-state index is 12.3. The Hall–Kier alpha value is -2.85. The fourth-order valence-electron chi connectivity index (χ4n) is 3.50. The zero-order valence-corrected chi connectivity index (χ0v) is 16.3. The summed E-state index contributed by atoms with van der Waals surface area (Å²) in [5.74, 6) is -0.313. The number of hydrogen-bond acceptors (Lipinski definition) is 4. The normalized spacial score (nSPS) is 11.5. The van der Waals surface area contributed by atoms with Gasteiger partial charge in [-0.3, -0.25) is 0 Å². The topological polar surface area (TPSA) is 39.2 Å². The number of aromatic nitrogens is 1. The molecule has 2 heterocycles. The first kappa shape index (κ1) is 17.6. The molecule has 0 N–H and O–H groups in total. The number of fused-ring (bicyclic) bond motifs is 4. The summed E-state index contributed by atoms with van der Waals surface area (Å²) in [6.07, 6.45) is 0. The number of hydrogen-bond donors (Lipinski definition) is 0. The fraction of sp³-hybridized carbons (Fsp3) is 0.130. The average Bonchev–Trinajstić information content (AvgIpc) is 2.74. The van der Waals surface area contributed by atoms with E-state index in [0.717, 1.165) is 37.8 Å². The van der Waals surface area contributed by atoms with Crippen molar-refractivity contribution < 1.29 is 9.53 Å². The van der Waals surface area contributed by atoms with Gasteiger partial charge in [0.2, 0.25) is 0 Å². The molecule has 1 aliphatic rings. The Kier molecular flexibility index (Phi) is 4.58. The minimum absolute atomic E-state index is 0.313. The second kappa shape index (κ2) is 7.05. The first-order valence-electron chi connectivity index (χ1n) is 8.99. The molecule has 0 aliphatic carbocycles. The summed E-state index contributed by atoms with van der Waals surface area (Å²) in [7, 11) is 1.42. The number of pyridine rings is 1. The summed E-state index contributed by atoms with van der Waals surface area (Å²) in [6, 6.07) is 20.1. The first-order chi connectivity index (χ1) is 13.3. The lowest BCUT2D eigenvalue weighted by Gasteiger charge is -2.23. The number of para-hydroxylation sites is 1. The zero-order chi connectivity index (χ0) is 19.0. The van der Waals surface area contributed by atoms with Crippen molar-refractivity contribution in [1.82, 2.24) is 4.98 Å². The lowest BCUT2D eigenvalue weighted by Crippen LogP contribution is -2.06. The van der Waals surface area contributed by atoms with Crippen LogP contribution in [0.2, 0.25) is 0 Å². The van der Waals surface area contributed by atoms with Crippen LogP contribution in [0.4, 0.5) is 0 Å². The van der Waals surface area contributed by atoms with Gasteiger partial charge in [0.1, 0.15) is 0 Å². The van der Waals surface area contributed by atoms with Crippen LogP contribution >= 0.6 is 11.8 Å². The number of benzene rings is 3. The minimum Gasteiger partial charge on any atom is -0.465 e. The third kappa shape index (κ3) is 2.68. The lowest BCUT2D eigenvalue weighted by atomic mass is 9.94. The van der Waals surface area contributed by atoms with Crippen molar-refractivity contribution in [3.63, 3.8) is 0 Å². The van der Waals surface area contributed by atoms with Gasteiger partial charge in [-0.2, -0.15) is 0 Å². The highest BCUT2D eigenvalue weighted by atomic mass is 32.2. The van der Waals surface area contributed by atoms with E-state index in [0.29, 0.717) is 5.56 Å². The van der Waals surface area contributed by atoms with E-state index in [2.05, 4.69) is 18.2 Å². The molecule has 0 spiro atoms. The van der Waals surface area contributed by atoms with Gasteiger partial charge < -0.3 is 4.74 Å². The van der Waals surface area contributed by atoms with Crippen LogP contribution in [0.1, 0.15) is 24.2 Å². The molecule has 4 heteroatoms. The van der Waals surface area contributed by atoms with Crippen molar-refractivity contribution in [3.8, 4) is 11.1 Å². The summed E-state index contributed by atoms with van der Waals surface area (Å²) in [5, 5.41) is 2.25. The van der Waals surface area contributed by atoms with E-state index in [1.54, 1.807) is 11.8 Å². The number of rotatable bonds is 1. The molecule has 3 nitrogen and oxygen atoms in total. The maximum Gasteiger partial charge on any atom is 0.338 e. The molecule has 1 aromatic heterocycles. The van der Waals surface area contributed by atoms with Crippen molar-refractivity contribution in [1.29, 1.82) is 0 Å². The molecule has 0 unspecified atom stereocenters. The highest BCUT2D eigenvalue weighted by Crippen LogP contribution is 2.50. The van der Waals surface area contributed by atoms with Crippen molar-refractivity contribution in [2.45, 2.75) is 23.6 Å². The monoisotopic (exact) mass is 373 g/mol. The van der Waals surface area contributed by atoms with Crippen LogP contribution in [-0.2, 0) is 4.74 Å². The molecule has 0 atom stereocenters. The van der Waals surface area contributed by atoms with E-state index < -0.39 is 0 Å². The Morgan fingerprint density at radius 1 is 0.926 bits per heavy atom. The third-order valence-corrected chi connectivity index (χ3v) is 5.76. The van der Waals surface area contributed by atoms with Crippen LogP contribution in [0.5, 0.6) is 0 Å². The molecule has 0 radical (unpaired) electrons. The second-order valence-electron chi connectivity index (χ2n) is 5.93. The van der Waals surface area contributed by atoms with Gasteiger partial charge >= 0.3 is 5.97 Å². The Bertz CT molecular complexity index is 1180. The predicted molar refractivity (Wildman–Crippen MR) is 111 cm³/mol. The molecular formula is C23H19NO2S. The molecule has 1 aliphatic heterocycles. The van der Waals surface area contributed by atoms with Crippen LogP contribution < -0.4 is 0 Å². The van der Waals surface area contributed by atoms with E-state index in [4.69, 9.17) is 9.72 Å². The Morgan fingerprint density at radius 3 is 2.48 bits per heavy atom. The van der Waals surface area contributed by atoms with Gasteiger partial charge in [-0.1, -0.05) is 62.0 Å². The largest absolute Gasteiger partial charge is 0.465 e. The SMILES string of the molecule is CC.COC(=O)c1cccc2c1-c1cccc3nc4ccccc4c(c13)S2. The summed E-state index contributed by atoms with van der Waals surface area (Å²) < 4.78 is 4.99. The smallest absolute Gasteiger partial charge is 0.338 e. The highest BCUT2D eigenvalue weighted by molar-refractivity contribution is 8.00. The molecule has 27 heavy (non-hydrogen) atoms. The number of carbonyl (C=O) groups excluding carboxylic acids is 1. The summed E-state index contributed by atoms with van der Waals surface area (Å²) in [6.45, 7) is 4.00. The molecule has 0 bridgehead atoms. The molecule has 134 valence electrons. The summed E-state index contributed by atoms with van der Waals surface area (Å²) in [4.78, 5) is 19.4. The highest BCUT2D eigenvalue weighted by Gasteiger charge is 2.26. The van der Waals surface area contributed by atoms with Crippen LogP contribution in [-0.4, -0.2) is 18.1 Å². The predicted octanol–water partition coefficient (Wildman–Crippen LogP) is 6.33. The van der Waals surface area contributed by atoms with Gasteiger partial charge in [0.15, 0.2) is 0 Å². The van der Waals surface area contributed by atoms with Gasteiger partial charge in [-0.25, -0.2) is 9.78 Å². The fourth-order valence-corrected chi connectivity index (χ4v) is 4.79. The van der Waals surface area contributed by atoms with Gasteiger partial charge in [0.25, 0.3) is 0 Å². The Morgan fingerprint density at radius 2 is 1.67 bits per heavy atom. The summed E-state index contributed by atoms with van der Waals surface area (Å²) in [5.41, 5.74) is 4.51. The average molecular weight is 373 g/mol. The molecule has 3 aromatic carbocycles. The van der Waals surface area contributed by atoms with Crippen LogP contribution in [0, 0.1) is 0 Å². The summed E-state index contributed by atoms with van der Waals surface area (Å²) >= 11 is 1.70. The van der Waals surface area contributed by atoms with Gasteiger partial charge in [0, 0.05) is 26.1 Å². The number of nitrogens with zero attached hydrogens (tertiary/aromatic N) is 1. The number of ether oxygens (including phenoxy) is 1. The van der Waals surface area contributed by atoms with Crippen molar-refractivity contribution in [2.24, 2.45) is 0 Å². The second-order valence-corrected chi connectivity index (χ2v) is 6.98. The molecule has 5 rings (SSSR count). The number of esters is 1. The molecule has 0 fully saturated rings. The molecule has 0 saturated carbocycles. The van der Waals surface area contributed by atoms with E-state index in [9.17, 15) is 4.79 Å². The van der Waals surface area contributed by atoms with Crippen LogP contribution in [0.25, 0.3) is 32.9 Å². The van der Waals surface area contributed by atoms with E-state index in [-0.39, 0.29) is 5.97 Å². The van der Waals surface area contributed by atoms with E-state index >= 15 is 0 Å². The standard InChI is InChI=1S/C21H13NO2S.C2H6/c1-24-21(23)14-8-5-11-17-18(14)13-7-4-10-16-19(13)20(25-17)12-6-2-3-9-15(12)22-16;1-2/h2-11H,1H3;1-2H3. The van der Waals surface area contributed by atoms with Crippen LogP contribution in [0.15, 0.2) is 70.5 Å². The third-order valence-electron chi connectivity index (χ3n) is 4.57. The van der Waals surface area contributed by atoms with E-state index in [1.807, 2.05) is 56.3 Å². The quantitative estimate of drug-likeness (QED) is 0.254. The number of methoxy groups -OCH3 is 1. The van der Waals surface area contributed by atoms with Crippen LogP contribution in [0.3, 0.4) is 0 Å². The molecular weight excluding hydrogens is 354 g/mol. The van der Waals surface area contributed by atoms with Gasteiger partial charge in [-0.05, 0) is 29.8 Å². The number of carbonyl (C=O) groups is 1. The van der Waals surface area contributed by atoms with E-state index in [1.165, 1.54) is 12.0 Å². The molecule has 0 amide bonds. The molecule has 4 aromatic rings. The van der Waals surface area contributed by atoms with Gasteiger partial charge in [0.05, 0.1) is 23.7 Å². The minimum atomic E-state index is -0.313. The van der Waals surface area contributed by atoms with Crippen molar-refractivity contribution >= 4 is 39.5 Å². The van der Waals surface area contributed by atoms with Crippen molar-refractivity contribution in [2.75, 3.05) is 7.11 Å². The Labute approximate surface area is 162 Å². The molecule has 0 saturated heterocycles.